The molecule has 1 aromatic rings. The molecule has 0 unspecified atom stereocenters. The number of piperidine rings is 1. The second-order valence-corrected chi connectivity index (χ2v) is 3.73. The van der Waals surface area contributed by atoms with Gasteiger partial charge in [0.2, 0.25) is 0 Å². The van der Waals surface area contributed by atoms with Gasteiger partial charge in [-0.25, -0.2) is 9.59 Å². The molecule has 1 fully saturated rings. The number of nitrogens with one attached hydrogen (secondary N) is 1. The number of H-pyrrole nitrogens is 1. The Morgan fingerprint density at radius 2 is 2.13 bits per heavy atom. The number of hydrogen-bond donors (Lipinski definition) is 2. The molecule has 1 aromatic heterocycles. The summed E-state index contributed by atoms with van der Waals surface area (Å²) in [7, 11) is 0. The van der Waals surface area contributed by atoms with Crippen molar-refractivity contribution < 1.29 is 4.79 Å². The number of rotatable bonds is 1. The minimum Gasteiger partial charge on any atom is -0.351 e. The molecule has 3 N–H and O–H groups in total. The maximum Gasteiger partial charge on any atom is 0.325 e. The van der Waals surface area contributed by atoms with Crippen LogP contribution >= 0.6 is 0 Å². The van der Waals surface area contributed by atoms with Gasteiger partial charge in [-0.05, 0) is 12.8 Å². The lowest BCUT2D eigenvalue weighted by molar-refractivity contribution is 0.179. The Labute approximate surface area is 86.7 Å². The van der Waals surface area contributed by atoms with Crippen molar-refractivity contribution in [3.8, 4) is 0 Å². The lowest BCUT2D eigenvalue weighted by atomic mass is 10.1. The maximum atomic E-state index is 11.3. The van der Waals surface area contributed by atoms with Gasteiger partial charge in [0.25, 0.3) is 0 Å². The summed E-state index contributed by atoms with van der Waals surface area (Å²) in [6.45, 7) is 1.25. The third-order valence-corrected chi connectivity index (χ3v) is 2.85. The van der Waals surface area contributed by atoms with E-state index in [-0.39, 0.29) is 17.8 Å². The van der Waals surface area contributed by atoms with Crippen molar-refractivity contribution in [2.45, 2.75) is 18.9 Å². The Balaban J connectivity index is 2.03. The van der Waals surface area contributed by atoms with E-state index >= 15 is 0 Å². The highest BCUT2D eigenvalue weighted by Gasteiger charge is 2.22. The van der Waals surface area contributed by atoms with Crippen molar-refractivity contribution in [1.29, 1.82) is 0 Å². The van der Waals surface area contributed by atoms with Crippen LogP contribution in [-0.4, -0.2) is 33.6 Å². The lowest BCUT2D eigenvalue weighted by Crippen LogP contribution is -2.43. The van der Waals surface area contributed by atoms with Crippen molar-refractivity contribution in [2.75, 3.05) is 13.1 Å². The summed E-state index contributed by atoms with van der Waals surface area (Å²) in [5.74, 6) is 0. The monoisotopic (exact) mass is 210 g/mol. The van der Waals surface area contributed by atoms with E-state index < -0.39 is 0 Å². The summed E-state index contributed by atoms with van der Waals surface area (Å²) >= 11 is 0. The van der Waals surface area contributed by atoms with E-state index in [9.17, 15) is 9.59 Å². The number of likely N-dealkylation sites (tertiary alicyclic amines) is 1. The van der Waals surface area contributed by atoms with Gasteiger partial charge in [0.1, 0.15) is 0 Å². The Morgan fingerprint density at radius 3 is 2.60 bits per heavy atom. The van der Waals surface area contributed by atoms with E-state index in [1.165, 1.54) is 0 Å². The molecular formula is C9H14N4O2. The predicted octanol–water partition coefficient (Wildman–Crippen LogP) is -0.108. The Kier molecular flexibility index (Phi) is 2.49. The number of amides is 2. The van der Waals surface area contributed by atoms with E-state index in [1.54, 1.807) is 21.9 Å². The van der Waals surface area contributed by atoms with Crippen LogP contribution in [0.2, 0.25) is 0 Å². The van der Waals surface area contributed by atoms with Crippen molar-refractivity contribution in [1.82, 2.24) is 14.5 Å². The summed E-state index contributed by atoms with van der Waals surface area (Å²) in [5.41, 5.74) is 5.08. The topological polar surface area (TPSA) is 84.1 Å². The van der Waals surface area contributed by atoms with Crippen LogP contribution in [0.4, 0.5) is 4.79 Å². The fourth-order valence-corrected chi connectivity index (χ4v) is 1.98. The molecule has 0 spiro atoms. The van der Waals surface area contributed by atoms with Gasteiger partial charge in [0.15, 0.2) is 0 Å². The Hall–Kier alpha value is -1.72. The van der Waals surface area contributed by atoms with Crippen molar-refractivity contribution >= 4 is 6.03 Å². The minimum absolute atomic E-state index is 0.0903. The SMILES string of the molecule is NC(=O)N1CCC(n2cc[nH]c2=O)CC1. The fourth-order valence-electron chi connectivity index (χ4n) is 1.98. The van der Waals surface area contributed by atoms with Gasteiger partial charge in [0.05, 0.1) is 0 Å². The molecular weight excluding hydrogens is 196 g/mol. The zero-order valence-electron chi connectivity index (χ0n) is 8.35. The average molecular weight is 210 g/mol. The molecule has 2 amide bonds. The van der Waals surface area contributed by atoms with Gasteiger partial charge >= 0.3 is 11.7 Å². The van der Waals surface area contributed by atoms with Crippen molar-refractivity contribution in [3.63, 3.8) is 0 Å². The first-order valence-electron chi connectivity index (χ1n) is 4.98. The molecule has 2 heterocycles. The van der Waals surface area contributed by atoms with Gasteiger partial charge in [-0.15, -0.1) is 0 Å². The third-order valence-electron chi connectivity index (χ3n) is 2.85. The van der Waals surface area contributed by atoms with Crippen LogP contribution in [0, 0.1) is 0 Å². The van der Waals surface area contributed by atoms with Gasteiger partial charge in [-0.1, -0.05) is 0 Å². The molecule has 6 nitrogen and oxygen atoms in total. The number of nitrogens with two attached hydrogens (primary N) is 1. The standard InChI is InChI=1S/C9H14N4O2/c10-8(14)12-4-1-7(2-5-12)13-6-3-11-9(13)15/h3,6-7H,1-2,4-5H2,(H2,10,14)(H,11,15). The highest BCUT2D eigenvalue weighted by Crippen LogP contribution is 2.20. The minimum atomic E-state index is -0.380. The number of urea groups is 1. The second kappa shape index (κ2) is 3.80. The fraction of sp³-hybridized carbons (Fsp3) is 0.556. The number of imidazole rings is 1. The summed E-state index contributed by atoms with van der Waals surface area (Å²) in [6, 6.07) is -0.200. The third kappa shape index (κ3) is 1.88. The second-order valence-electron chi connectivity index (χ2n) is 3.73. The molecule has 82 valence electrons. The zero-order chi connectivity index (χ0) is 10.8. The Morgan fingerprint density at radius 1 is 1.47 bits per heavy atom. The largest absolute Gasteiger partial charge is 0.351 e. The molecule has 6 heteroatoms. The number of aromatic amines is 1. The molecule has 15 heavy (non-hydrogen) atoms. The van der Waals surface area contributed by atoms with Gasteiger partial charge in [-0.2, -0.15) is 0 Å². The average Bonchev–Trinajstić information content (AvgIpc) is 2.65. The summed E-state index contributed by atoms with van der Waals surface area (Å²) in [5, 5.41) is 0. The lowest BCUT2D eigenvalue weighted by Gasteiger charge is -2.30. The quantitative estimate of drug-likeness (QED) is 0.678. The first-order valence-corrected chi connectivity index (χ1v) is 4.98. The molecule has 2 rings (SSSR count). The number of aromatic nitrogens is 2. The van der Waals surface area contributed by atoms with E-state index in [2.05, 4.69) is 4.98 Å². The molecule has 0 aromatic carbocycles. The number of carbonyl (C=O) groups excluding carboxylic acids is 1. The van der Waals surface area contributed by atoms with Crippen LogP contribution in [-0.2, 0) is 0 Å². The maximum absolute atomic E-state index is 11.3. The number of nitrogens with zero attached hydrogens (tertiary/aromatic N) is 2. The number of primary amides is 1. The molecule has 0 bridgehead atoms. The predicted molar refractivity (Wildman–Crippen MR) is 54.5 cm³/mol. The van der Waals surface area contributed by atoms with Gasteiger partial charge in [0, 0.05) is 31.5 Å². The van der Waals surface area contributed by atoms with Crippen LogP contribution < -0.4 is 11.4 Å². The van der Waals surface area contributed by atoms with Crippen molar-refractivity contribution in [2.24, 2.45) is 5.73 Å². The van der Waals surface area contributed by atoms with Crippen LogP contribution in [0.3, 0.4) is 0 Å². The number of hydrogen-bond acceptors (Lipinski definition) is 2. The van der Waals surface area contributed by atoms with Crippen LogP contribution in [0.1, 0.15) is 18.9 Å². The van der Waals surface area contributed by atoms with Gasteiger partial charge < -0.3 is 15.6 Å². The van der Waals surface area contributed by atoms with E-state index in [0.717, 1.165) is 12.8 Å². The zero-order valence-corrected chi connectivity index (χ0v) is 8.35. The summed E-state index contributed by atoms with van der Waals surface area (Å²) in [6.07, 6.45) is 4.93. The molecule has 0 atom stereocenters. The highest BCUT2D eigenvalue weighted by molar-refractivity contribution is 5.72. The normalized spacial score (nSPS) is 18.0. The first-order chi connectivity index (χ1) is 7.18. The number of carbonyl (C=O) groups is 1. The summed E-state index contributed by atoms with van der Waals surface area (Å²) < 4.78 is 1.68. The molecule has 0 radical (unpaired) electrons. The highest BCUT2D eigenvalue weighted by atomic mass is 16.2. The van der Waals surface area contributed by atoms with E-state index in [0.29, 0.717) is 13.1 Å². The Bertz CT molecular complexity index is 400. The van der Waals surface area contributed by atoms with Crippen LogP contribution in [0.15, 0.2) is 17.2 Å². The van der Waals surface area contributed by atoms with Gasteiger partial charge in [-0.3, -0.25) is 4.57 Å². The summed E-state index contributed by atoms with van der Waals surface area (Å²) in [4.78, 5) is 26.4. The molecule has 1 aliphatic heterocycles. The van der Waals surface area contributed by atoms with Crippen LogP contribution in [0.25, 0.3) is 0 Å². The van der Waals surface area contributed by atoms with Crippen molar-refractivity contribution in [3.05, 3.63) is 22.9 Å². The first kappa shape index (κ1) is 9.82. The smallest absolute Gasteiger partial charge is 0.325 e. The molecule has 0 saturated carbocycles. The van der Waals surface area contributed by atoms with Crippen LogP contribution in [0.5, 0.6) is 0 Å². The van der Waals surface area contributed by atoms with E-state index in [1.807, 2.05) is 0 Å². The molecule has 1 aliphatic rings. The molecule has 0 aliphatic carbocycles. The molecule has 1 saturated heterocycles. The van der Waals surface area contributed by atoms with E-state index in [4.69, 9.17) is 5.73 Å².